The van der Waals surface area contributed by atoms with Crippen LogP contribution in [0.5, 0.6) is 0 Å². The van der Waals surface area contributed by atoms with Gasteiger partial charge in [0.25, 0.3) is 0 Å². The van der Waals surface area contributed by atoms with Crippen molar-refractivity contribution in [1.82, 2.24) is 9.57 Å². The van der Waals surface area contributed by atoms with Crippen LogP contribution in [0.3, 0.4) is 0 Å². The number of likely N-dealkylation sites (tertiary alicyclic amines) is 1. The Bertz CT molecular complexity index is 822. The normalized spacial score (nSPS) is 25.7. The Hall–Kier alpha value is -1.28. The molecule has 0 spiro atoms. The highest BCUT2D eigenvalue weighted by Gasteiger charge is 2.40. The van der Waals surface area contributed by atoms with Crippen molar-refractivity contribution in [2.24, 2.45) is 4.76 Å². The monoisotopic (exact) mass is 402 g/mol. The van der Waals surface area contributed by atoms with Gasteiger partial charge in [-0.05, 0) is 49.5 Å². The van der Waals surface area contributed by atoms with Crippen LogP contribution in [-0.4, -0.2) is 35.0 Å². The first-order chi connectivity index (χ1) is 12.7. The number of rotatable bonds is 3. The third-order valence-corrected chi connectivity index (χ3v) is 11.5. The lowest BCUT2D eigenvalue weighted by atomic mass is 10.1. The summed E-state index contributed by atoms with van der Waals surface area (Å²) in [5.41, 5.74) is 1.09. The van der Waals surface area contributed by atoms with Crippen molar-refractivity contribution in [2.45, 2.75) is 37.9 Å². The zero-order valence-corrected chi connectivity index (χ0v) is 17.3. The molecule has 4 rings (SSSR count). The molecule has 1 aromatic carbocycles. The standard InChI is InChI=1S/C19H23N4PS2/c20-14-17-18-10-7-13-23(18)24(25,26-15-16-8-3-1-4-9-16)21-19(17)22-11-5-2-6-12-22/h1,3-4,8-9H,2,5-7,10-13,15H2/t24-/m1/s1. The third-order valence-electron chi connectivity index (χ3n) is 5.14. The Morgan fingerprint density at radius 1 is 1.12 bits per heavy atom. The van der Waals surface area contributed by atoms with Crippen molar-refractivity contribution in [1.29, 1.82) is 5.26 Å². The largest absolute Gasteiger partial charge is 0.355 e. The summed E-state index contributed by atoms with van der Waals surface area (Å²) >= 11 is 7.98. The van der Waals surface area contributed by atoms with Crippen LogP contribution in [0, 0.1) is 11.3 Å². The molecule has 4 nitrogen and oxygen atoms in total. The average Bonchev–Trinajstić information content (AvgIpc) is 3.19. The van der Waals surface area contributed by atoms with Crippen LogP contribution in [-0.2, 0) is 17.6 Å². The molecular weight excluding hydrogens is 379 g/mol. The van der Waals surface area contributed by atoms with Gasteiger partial charge in [0.2, 0.25) is 0 Å². The molecule has 2 fully saturated rings. The summed E-state index contributed by atoms with van der Waals surface area (Å²) in [6.45, 7) is 2.93. The van der Waals surface area contributed by atoms with Crippen LogP contribution in [0.1, 0.15) is 37.7 Å². The Balaban J connectivity index is 1.67. The van der Waals surface area contributed by atoms with Crippen LogP contribution < -0.4 is 0 Å². The van der Waals surface area contributed by atoms with Gasteiger partial charge < -0.3 is 9.57 Å². The number of amidine groups is 1. The summed E-state index contributed by atoms with van der Waals surface area (Å²) < 4.78 is 7.43. The van der Waals surface area contributed by atoms with E-state index in [1.54, 1.807) is 11.4 Å². The molecule has 0 bridgehead atoms. The van der Waals surface area contributed by atoms with E-state index in [4.69, 9.17) is 16.6 Å². The molecule has 0 amide bonds. The van der Waals surface area contributed by atoms with Crippen molar-refractivity contribution in [3.63, 3.8) is 0 Å². The lowest BCUT2D eigenvalue weighted by Crippen LogP contribution is -2.39. The molecule has 0 aliphatic carbocycles. The summed E-state index contributed by atoms with van der Waals surface area (Å²) in [7, 11) is 0. The molecule has 0 radical (unpaired) electrons. The maximum absolute atomic E-state index is 9.85. The van der Waals surface area contributed by atoms with E-state index in [9.17, 15) is 5.26 Å². The first-order valence-corrected chi connectivity index (χ1v) is 13.6. The fraction of sp³-hybridized carbons (Fsp3) is 0.474. The molecule has 0 saturated carbocycles. The summed E-state index contributed by atoms with van der Waals surface area (Å²) in [5, 5.41) is 9.85. The van der Waals surface area contributed by atoms with Gasteiger partial charge in [0.1, 0.15) is 11.6 Å². The van der Waals surface area contributed by atoms with E-state index in [1.807, 2.05) is 6.07 Å². The zero-order valence-electron chi connectivity index (χ0n) is 14.8. The van der Waals surface area contributed by atoms with Gasteiger partial charge in [0.15, 0.2) is 11.4 Å². The van der Waals surface area contributed by atoms with E-state index in [0.29, 0.717) is 0 Å². The van der Waals surface area contributed by atoms with Crippen LogP contribution in [0.15, 0.2) is 46.4 Å². The van der Waals surface area contributed by atoms with Gasteiger partial charge in [-0.15, -0.1) is 0 Å². The molecule has 1 aromatic rings. The number of hydrogen-bond acceptors (Lipinski definition) is 4. The molecule has 0 N–H and O–H groups in total. The maximum atomic E-state index is 9.85. The fourth-order valence-corrected chi connectivity index (χ4v) is 9.56. The Morgan fingerprint density at radius 2 is 1.88 bits per heavy atom. The van der Waals surface area contributed by atoms with Crippen LogP contribution in [0.25, 0.3) is 0 Å². The van der Waals surface area contributed by atoms with Crippen molar-refractivity contribution >= 4 is 34.6 Å². The predicted molar refractivity (Wildman–Crippen MR) is 113 cm³/mol. The Labute approximate surface area is 164 Å². The van der Waals surface area contributed by atoms with E-state index in [-0.39, 0.29) is 0 Å². The minimum atomic E-state index is -2.14. The van der Waals surface area contributed by atoms with E-state index < -0.39 is 5.54 Å². The van der Waals surface area contributed by atoms with Gasteiger partial charge in [-0.2, -0.15) is 5.26 Å². The van der Waals surface area contributed by atoms with E-state index >= 15 is 0 Å². The molecule has 0 aromatic heterocycles. The molecular formula is C19H23N4PS2. The highest BCUT2D eigenvalue weighted by Crippen LogP contribution is 2.69. The SMILES string of the molecule is N#CC1=C2CCCN2[P@](=S)(SCc2ccccc2)N=C1N1CCCCC1. The van der Waals surface area contributed by atoms with Crippen LogP contribution in [0.4, 0.5) is 0 Å². The molecule has 136 valence electrons. The second-order valence-corrected chi connectivity index (χ2v) is 13.6. The molecule has 0 unspecified atom stereocenters. The number of fused-ring (bicyclic) bond motifs is 1. The van der Waals surface area contributed by atoms with Gasteiger partial charge in [0, 0.05) is 31.1 Å². The quantitative estimate of drug-likeness (QED) is 0.672. The molecule has 2 saturated heterocycles. The fourth-order valence-electron chi connectivity index (χ4n) is 3.82. The first-order valence-electron chi connectivity index (χ1n) is 9.26. The van der Waals surface area contributed by atoms with E-state index in [0.717, 1.165) is 55.3 Å². The summed E-state index contributed by atoms with van der Waals surface area (Å²) in [5.74, 6) is 1.77. The van der Waals surface area contributed by atoms with Gasteiger partial charge in [0.05, 0.1) is 0 Å². The molecule has 3 heterocycles. The van der Waals surface area contributed by atoms with Gasteiger partial charge in [-0.3, -0.25) is 0 Å². The molecule has 26 heavy (non-hydrogen) atoms. The number of nitriles is 1. The Morgan fingerprint density at radius 3 is 2.62 bits per heavy atom. The predicted octanol–water partition coefficient (Wildman–Crippen LogP) is 4.92. The second-order valence-electron chi connectivity index (χ2n) is 6.88. The average molecular weight is 403 g/mol. The maximum Gasteiger partial charge on any atom is 0.200 e. The first kappa shape index (κ1) is 18.1. The molecule has 3 aliphatic rings. The highest BCUT2D eigenvalue weighted by atomic mass is 32.9. The lowest BCUT2D eigenvalue weighted by molar-refractivity contribution is 0.342. The van der Waals surface area contributed by atoms with Crippen molar-refractivity contribution in [2.75, 3.05) is 19.6 Å². The minimum absolute atomic E-state index is 0.783. The summed E-state index contributed by atoms with van der Waals surface area (Å²) in [4.78, 5) is 2.31. The van der Waals surface area contributed by atoms with Crippen molar-refractivity contribution in [3.05, 3.63) is 47.2 Å². The van der Waals surface area contributed by atoms with Crippen LogP contribution in [0.2, 0.25) is 0 Å². The van der Waals surface area contributed by atoms with Gasteiger partial charge in [-0.1, -0.05) is 41.7 Å². The summed E-state index contributed by atoms with van der Waals surface area (Å²) in [6.07, 6.45) is 5.66. The highest BCUT2D eigenvalue weighted by molar-refractivity contribution is 8.69. The van der Waals surface area contributed by atoms with E-state index in [2.05, 4.69) is 39.9 Å². The molecule has 7 heteroatoms. The minimum Gasteiger partial charge on any atom is -0.355 e. The molecule has 3 aliphatic heterocycles. The lowest BCUT2D eigenvalue weighted by Gasteiger charge is -2.39. The molecule has 1 atom stereocenters. The van der Waals surface area contributed by atoms with E-state index in [1.165, 1.54) is 24.8 Å². The Kier molecular flexibility index (Phi) is 5.40. The van der Waals surface area contributed by atoms with Gasteiger partial charge in [-0.25, -0.2) is 4.76 Å². The van der Waals surface area contributed by atoms with Crippen LogP contribution >= 0.6 is 16.9 Å². The van der Waals surface area contributed by atoms with Crippen molar-refractivity contribution in [3.8, 4) is 6.07 Å². The zero-order chi connectivity index (χ0) is 18.0. The third kappa shape index (κ3) is 3.45. The number of piperidine rings is 1. The second kappa shape index (κ2) is 7.76. The summed E-state index contributed by atoms with van der Waals surface area (Å²) in [6, 6.07) is 12.9. The van der Waals surface area contributed by atoms with Crippen molar-refractivity contribution < 1.29 is 0 Å². The number of benzene rings is 1. The smallest absolute Gasteiger partial charge is 0.200 e. The topological polar surface area (TPSA) is 42.6 Å². The van der Waals surface area contributed by atoms with Gasteiger partial charge >= 0.3 is 0 Å². The number of allylic oxidation sites excluding steroid dienone is 1. The number of hydrogen-bond donors (Lipinski definition) is 0. The number of nitrogens with zero attached hydrogens (tertiary/aromatic N) is 4.